The molecular weight excluding hydrogens is 301 g/mol. The second-order valence-electron chi connectivity index (χ2n) is 10.5. The summed E-state index contributed by atoms with van der Waals surface area (Å²) < 4.78 is 12.0. The molecular formula is C20H38NOP. The molecule has 0 bridgehead atoms. The van der Waals surface area contributed by atoms with Crippen molar-refractivity contribution < 1.29 is 4.52 Å². The molecule has 0 radical (unpaired) electrons. The van der Waals surface area contributed by atoms with Crippen LogP contribution in [-0.2, 0) is 4.52 Å². The van der Waals surface area contributed by atoms with Gasteiger partial charge in [-0.1, -0.05) is 74.5 Å². The second kappa shape index (κ2) is 7.18. The zero-order chi connectivity index (χ0) is 17.9. The fraction of sp³-hybridized carbons (Fsp3) is 0.800. The molecule has 0 saturated heterocycles. The average molecular weight is 340 g/mol. The Kier molecular flexibility index (Phi) is 6.41. The Labute approximate surface area is 144 Å². The van der Waals surface area contributed by atoms with E-state index in [2.05, 4.69) is 80.5 Å². The molecule has 0 aromatic heterocycles. The first-order chi connectivity index (χ1) is 10.2. The Morgan fingerprint density at radius 3 is 1.78 bits per heavy atom. The molecule has 0 aliphatic heterocycles. The van der Waals surface area contributed by atoms with Gasteiger partial charge in [-0.3, -0.25) is 4.74 Å². The predicted octanol–water partition coefficient (Wildman–Crippen LogP) is 7.10. The summed E-state index contributed by atoms with van der Waals surface area (Å²) >= 11 is 0. The van der Waals surface area contributed by atoms with Crippen LogP contribution in [0.4, 0.5) is 0 Å². The van der Waals surface area contributed by atoms with Gasteiger partial charge in [0, 0.05) is 25.3 Å². The molecule has 0 aromatic rings. The highest BCUT2D eigenvalue weighted by molar-refractivity contribution is 7.61. The third-order valence-corrected chi connectivity index (χ3v) is 7.39. The minimum absolute atomic E-state index is 0.201. The van der Waals surface area contributed by atoms with Crippen molar-refractivity contribution in [2.24, 2.45) is 21.0 Å². The molecule has 0 aromatic carbocycles. The first-order valence-electron chi connectivity index (χ1n) is 8.81. The summed E-state index contributed by atoms with van der Waals surface area (Å²) in [4.78, 5) is 0. The van der Waals surface area contributed by atoms with E-state index in [-0.39, 0.29) is 16.2 Å². The lowest BCUT2D eigenvalue weighted by atomic mass is 9.98. The summed E-state index contributed by atoms with van der Waals surface area (Å²) in [6, 6.07) is 0. The first kappa shape index (κ1) is 20.6. The van der Waals surface area contributed by atoms with Crippen molar-refractivity contribution in [1.29, 1.82) is 0 Å². The largest absolute Gasteiger partial charge is 0.464 e. The van der Waals surface area contributed by atoms with Gasteiger partial charge in [-0.05, 0) is 22.3 Å². The average Bonchev–Trinajstić information content (AvgIpc) is 2.73. The summed E-state index contributed by atoms with van der Waals surface area (Å²) in [6.45, 7) is 21.5. The Bertz CT molecular complexity index is 487. The van der Waals surface area contributed by atoms with Gasteiger partial charge in [-0.2, -0.15) is 0 Å². The molecule has 0 N–H and O–H groups in total. The SMILES string of the molecule is CC(C)(C)CN=P(CC(C)(C)C)(CC(C)(C)C)OC1=CC=CC1. The van der Waals surface area contributed by atoms with Crippen LogP contribution in [0.1, 0.15) is 68.7 Å². The van der Waals surface area contributed by atoms with Crippen LogP contribution in [0.25, 0.3) is 0 Å². The van der Waals surface area contributed by atoms with Crippen LogP contribution in [-0.4, -0.2) is 18.9 Å². The molecule has 0 spiro atoms. The highest BCUT2D eigenvalue weighted by Crippen LogP contribution is 2.60. The highest BCUT2D eigenvalue weighted by Gasteiger charge is 2.34. The zero-order valence-corrected chi connectivity index (χ0v) is 17.8. The molecule has 0 saturated carbocycles. The summed E-state index contributed by atoms with van der Waals surface area (Å²) in [6.07, 6.45) is 9.40. The molecule has 23 heavy (non-hydrogen) atoms. The fourth-order valence-corrected chi connectivity index (χ4v) is 7.50. The Hall–Kier alpha value is -0.490. The van der Waals surface area contributed by atoms with Crippen molar-refractivity contribution in [2.75, 3.05) is 18.9 Å². The van der Waals surface area contributed by atoms with Crippen molar-refractivity contribution in [3.8, 4) is 0 Å². The minimum Gasteiger partial charge on any atom is -0.464 e. The monoisotopic (exact) mass is 339 g/mol. The summed E-state index contributed by atoms with van der Waals surface area (Å²) in [5.74, 6) is 1.10. The van der Waals surface area contributed by atoms with Crippen LogP contribution in [0.5, 0.6) is 0 Å². The molecule has 1 aliphatic carbocycles. The third-order valence-electron chi connectivity index (χ3n) is 3.27. The van der Waals surface area contributed by atoms with E-state index in [1.807, 2.05) is 0 Å². The molecule has 0 unspecified atom stereocenters. The molecule has 2 nitrogen and oxygen atoms in total. The van der Waals surface area contributed by atoms with E-state index in [0.717, 1.165) is 31.0 Å². The maximum atomic E-state index is 6.69. The fourth-order valence-electron chi connectivity index (χ4n) is 2.79. The van der Waals surface area contributed by atoms with Gasteiger partial charge >= 0.3 is 0 Å². The number of hydrogen-bond acceptors (Lipinski definition) is 2. The maximum Gasteiger partial charge on any atom is 0.134 e. The van der Waals surface area contributed by atoms with E-state index in [9.17, 15) is 0 Å². The van der Waals surface area contributed by atoms with E-state index < -0.39 is 7.28 Å². The van der Waals surface area contributed by atoms with Crippen molar-refractivity contribution in [3.63, 3.8) is 0 Å². The summed E-state index contributed by atoms with van der Waals surface area (Å²) in [5.41, 5.74) is 0.632. The van der Waals surface area contributed by atoms with Gasteiger partial charge in [0.1, 0.15) is 13.0 Å². The standard InChI is InChI=1S/C20H38NOP/c1-18(2,3)14-21-23(15-19(4,5)6,16-20(7,8)9)22-17-12-10-11-13-17/h10-12H,13-16H2,1-9H3. The second-order valence-corrected chi connectivity index (χ2v) is 13.3. The molecule has 3 heteroatoms. The lowest BCUT2D eigenvalue weighted by Crippen LogP contribution is -2.22. The highest BCUT2D eigenvalue weighted by atomic mass is 31.2. The normalized spacial score (nSPS) is 16.5. The first-order valence-corrected chi connectivity index (χ1v) is 10.8. The van der Waals surface area contributed by atoms with Gasteiger partial charge in [0.2, 0.25) is 0 Å². The Morgan fingerprint density at radius 1 is 0.913 bits per heavy atom. The topological polar surface area (TPSA) is 21.6 Å². The quantitative estimate of drug-likeness (QED) is 0.489. The van der Waals surface area contributed by atoms with Crippen LogP contribution in [0, 0.1) is 16.2 Å². The number of allylic oxidation sites excluding steroid dienone is 3. The molecule has 0 heterocycles. The number of nitrogens with zero attached hydrogens (tertiary/aromatic N) is 1. The van der Waals surface area contributed by atoms with Gasteiger partial charge in [0.05, 0.1) is 0 Å². The van der Waals surface area contributed by atoms with Crippen LogP contribution in [0.2, 0.25) is 0 Å². The summed E-state index contributed by atoms with van der Waals surface area (Å²) in [5, 5.41) is 0. The molecule has 0 atom stereocenters. The van der Waals surface area contributed by atoms with Gasteiger partial charge in [0.25, 0.3) is 0 Å². The molecule has 1 rings (SSSR count). The van der Waals surface area contributed by atoms with Gasteiger partial charge in [-0.15, -0.1) is 0 Å². The van der Waals surface area contributed by atoms with Crippen LogP contribution in [0.15, 0.2) is 28.7 Å². The van der Waals surface area contributed by atoms with Crippen LogP contribution >= 0.6 is 7.28 Å². The molecule has 0 amide bonds. The minimum atomic E-state index is -1.87. The van der Waals surface area contributed by atoms with Gasteiger partial charge in [0.15, 0.2) is 0 Å². The van der Waals surface area contributed by atoms with E-state index in [1.165, 1.54) is 0 Å². The molecule has 134 valence electrons. The Balaban J connectivity index is 3.24. The lowest BCUT2D eigenvalue weighted by Gasteiger charge is -2.37. The number of hydrogen-bond donors (Lipinski definition) is 0. The van der Waals surface area contributed by atoms with Crippen molar-refractivity contribution in [2.45, 2.75) is 68.7 Å². The smallest absolute Gasteiger partial charge is 0.134 e. The van der Waals surface area contributed by atoms with E-state index >= 15 is 0 Å². The number of rotatable bonds is 5. The summed E-state index contributed by atoms with van der Waals surface area (Å²) in [7, 11) is -1.87. The Morgan fingerprint density at radius 2 is 1.43 bits per heavy atom. The molecule has 0 fully saturated rings. The van der Waals surface area contributed by atoms with E-state index in [4.69, 9.17) is 9.27 Å². The van der Waals surface area contributed by atoms with Crippen LogP contribution < -0.4 is 0 Å². The van der Waals surface area contributed by atoms with Gasteiger partial charge < -0.3 is 4.52 Å². The van der Waals surface area contributed by atoms with Crippen molar-refractivity contribution in [3.05, 3.63) is 24.0 Å². The van der Waals surface area contributed by atoms with E-state index in [0.29, 0.717) is 0 Å². The molecule has 1 aliphatic rings. The van der Waals surface area contributed by atoms with E-state index in [1.54, 1.807) is 0 Å². The van der Waals surface area contributed by atoms with Gasteiger partial charge in [-0.25, -0.2) is 0 Å². The predicted molar refractivity (Wildman–Crippen MR) is 105 cm³/mol. The van der Waals surface area contributed by atoms with Crippen molar-refractivity contribution >= 4 is 7.28 Å². The van der Waals surface area contributed by atoms with Crippen molar-refractivity contribution in [1.82, 2.24) is 0 Å². The lowest BCUT2D eigenvalue weighted by molar-refractivity contribution is 0.382. The maximum absolute atomic E-state index is 6.69. The van der Waals surface area contributed by atoms with Crippen LogP contribution in [0.3, 0.4) is 0 Å². The zero-order valence-electron chi connectivity index (χ0n) is 16.9. The third kappa shape index (κ3) is 8.80.